The molecule has 37 heavy (non-hydrogen) atoms. The maximum absolute atomic E-state index is 13.0. The van der Waals surface area contributed by atoms with E-state index in [2.05, 4.69) is 20.6 Å². The van der Waals surface area contributed by atoms with Gasteiger partial charge in [0.2, 0.25) is 0 Å². The number of halogens is 2. The molecule has 2 atom stereocenters. The number of carbonyl (C=O) groups is 3. The van der Waals surface area contributed by atoms with Gasteiger partial charge in [0, 0.05) is 11.4 Å². The van der Waals surface area contributed by atoms with Gasteiger partial charge in [-0.05, 0) is 48.4 Å². The molecule has 0 aliphatic carbocycles. The molecule has 10 heteroatoms. The first-order valence-electron chi connectivity index (χ1n) is 11.2. The number of hydrogen-bond acceptors (Lipinski definition) is 6. The highest BCUT2D eigenvalue weighted by molar-refractivity contribution is 6.35. The number of ether oxygens (including phenoxy) is 2. The third-order valence-corrected chi connectivity index (χ3v) is 5.73. The minimum Gasteiger partial charge on any atom is -0.479 e. The van der Waals surface area contributed by atoms with Crippen LogP contribution in [0.3, 0.4) is 0 Å². The van der Waals surface area contributed by atoms with E-state index >= 15 is 0 Å². The summed E-state index contributed by atoms with van der Waals surface area (Å²) in [5, 5.41) is 7.41. The second-order valence-electron chi connectivity index (χ2n) is 7.93. The van der Waals surface area contributed by atoms with Gasteiger partial charge in [0.15, 0.2) is 6.10 Å². The highest BCUT2D eigenvalue weighted by Crippen LogP contribution is 2.28. The maximum atomic E-state index is 13.0. The number of hydrogen-bond donors (Lipinski definition) is 2. The number of amides is 2. The standard InChI is InChI=1S/C27H25Cl2N3O5/c1-17(37-24-13-12-21(28)15-22(24)29)25(33)31-23(14-18-6-4-3-5-7-18)26(34)32-30-16-19-8-10-20(11-9-19)27(35)36-2/h3-13,15-17,23H,14H2,1-2H3,(H,31,33)(H,32,34)/b30-16-/t17-,23-/m0/s1. The predicted octanol–water partition coefficient (Wildman–Crippen LogP) is 4.43. The first-order valence-corrected chi connectivity index (χ1v) is 12.0. The first-order chi connectivity index (χ1) is 17.8. The molecule has 0 fully saturated rings. The summed E-state index contributed by atoms with van der Waals surface area (Å²) in [5.74, 6) is -1.19. The van der Waals surface area contributed by atoms with Gasteiger partial charge in [-0.1, -0.05) is 65.7 Å². The lowest BCUT2D eigenvalue weighted by Gasteiger charge is -2.21. The van der Waals surface area contributed by atoms with Crippen molar-refractivity contribution in [3.8, 4) is 5.75 Å². The Morgan fingerprint density at radius 1 is 0.973 bits per heavy atom. The van der Waals surface area contributed by atoms with Crippen molar-refractivity contribution in [1.29, 1.82) is 0 Å². The number of benzene rings is 3. The monoisotopic (exact) mass is 541 g/mol. The number of nitrogens with zero attached hydrogens (tertiary/aromatic N) is 1. The van der Waals surface area contributed by atoms with Gasteiger partial charge >= 0.3 is 5.97 Å². The molecule has 3 aromatic carbocycles. The molecule has 0 aliphatic heterocycles. The average Bonchev–Trinajstić information content (AvgIpc) is 2.90. The lowest BCUT2D eigenvalue weighted by molar-refractivity contribution is -0.132. The highest BCUT2D eigenvalue weighted by Gasteiger charge is 2.25. The summed E-state index contributed by atoms with van der Waals surface area (Å²) in [5.41, 5.74) is 4.35. The molecular weight excluding hydrogens is 517 g/mol. The molecule has 0 unspecified atom stereocenters. The third kappa shape index (κ3) is 8.34. The number of nitrogens with one attached hydrogen (secondary N) is 2. The zero-order chi connectivity index (χ0) is 26.8. The molecule has 3 rings (SSSR count). The topological polar surface area (TPSA) is 106 Å². The van der Waals surface area contributed by atoms with Gasteiger partial charge in [-0.25, -0.2) is 10.2 Å². The number of esters is 1. The van der Waals surface area contributed by atoms with E-state index in [1.165, 1.54) is 19.4 Å². The Hall–Kier alpha value is -3.88. The van der Waals surface area contributed by atoms with Crippen LogP contribution in [0.5, 0.6) is 5.75 Å². The molecule has 0 aliphatic rings. The van der Waals surface area contributed by atoms with Gasteiger partial charge in [-0.15, -0.1) is 0 Å². The molecule has 0 saturated carbocycles. The average molecular weight is 542 g/mol. The van der Waals surface area contributed by atoms with Crippen LogP contribution in [-0.4, -0.2) is 43.3 Å². The number of hydrazone groups is 1. The fourth-order valence-corrected chi connectivity index (χ4v) is 3.69. The Morgan fingerprint density at radius 3 is 2.32 bits per heavy atom. The molecule has 0 radical (unpaired) electrons. The van der Waals surface area contributed by atoms with Crippen LogP contribution in [0.25, 0.3) is 0 Å². The van der Waals surface area contributed by atoms with Crippen LogP contribution in [-0.2, 0) is 20.7 Å². The fourth-order valence-electron chi connectivity index (χ4n) is 3.23. The molecule has 8 nitrogen and oxygen atoms in total. The van der Waals surface area contributed by atoms with Crippen molar-refractivity contribution >= 4 is 47.2 Å². The summed E-state index contributed by atoms with van der Waals surface area (Å²) < 4.78 is 10.3. The van der Waals surface area contributed by atoms with E-state index in [1.54, 1.807) is 43.3 Å². The van der Waals surface area contributed by atoms with Gasteiger partial charge in [0.1, 0.15) is 11.8 Å². The van der Waals surface area contributed by atoms with Crippen molar-refractivity contribution < 1.29 is 23.9 Å². The smallest absolute Gasteiger partial charge is 0.337 e. The van der Waals surface area contributed by atoms with Crippen molar-refractivity contribution in [1.82, 2.24) is 10.7 Å². The molecule has 0 spiro atoms. The number of rotatable bonds is 10. The second kappa shape index (κ2) is 13.4. The highest BCUT2D eigenvalue weighted by atomic mass is 35.5. The molecule has 3 aromatic rings. The van der Waals surface area contributed by atoms with Crippen molar-refractivity contribution in [2.75, 3.05) is 7.11 Å². The molecule has 0 heterocycles. The summed E-state index contributed by atoms with van der Waals surface area (Å²) in [7, 11) is 1.30. The molecule has 0 aromatic heterocycles. The number of carbonyl (C=O) groups excluding carboxylic acids is 3. The predicted molar refractivity (Wildman–Crippen MR) is 142 cm³/mol. The Morgan fingerprint density at radius 2 is 1.68 bits per heavy atom. The maximum Gasteiger partial charge on any atom is 0.337 e. The Kier molecular flexibility index (Phi) is 10.1. The summed E-state index contributed by atoms with van der Waals surface area (Å²) in [6, 6.07) is 19.5. The van der Waals surface area contributed by atoms with Gasteiger partial charge in [-0.2, -0.15) is 5.10 Å². The van der Waals surface area contributed by atoms with Gasteiger partial charge < -0.3 is 14.8 Å². The third-order valence-electron chi connectivity index (χ3n) is 5.20. The van der Waals surface area contributed by atoms with E-state index in [1.807, 2.05) is 30.3 Å². The van der Waals surface area contributed by atoms with Crippen molar-refractivity contribution in [3.05, 3.63) is 99.5 Å². The Bertz CT molecular complexity index is 1270. The summed E-state index contributed by atoms with van der Waals surface area (Å²) in [6.07, 6.45) is 0.715. The van der Waals surface area contributed by atoms with E-state index in [0.29, 0.717) is 21.9 Å². The summed E-state index contributed by atoms with van der Waals surface area (Å²) >= 11 is 12.0. The normalized spacial score (nSPS) is 12.4. The van der Waals surface area contributed by atoms with Gasteiger partial charge in [0.05, 0.1) is 23.9 Å². The van der Waals surface area contributed by atoms with Crippen LogP contribution in [0.2, 0.25) is 10.0 Å². The molecule has 2 N–H and O–H groups in total. The number of methoxy groups -OCH3 is 1. The quantitative estimate of drug-likeness (QED) is 0.224. The fraction of sp³-hybridized carbons (Fsp3) is 0.185. The van der Waals surface area contributed by atoms with Crippen LogP contribution >= 0.6 is 23.2 Å². The van der Waals surface area contributed by atoms with Gasteiger partial charge in [0.25, 0.3) is 11.8 Å². The molecular formula is C27H25Cl2N3O5. The molecule has 192 valence electrons. The molecule has 2 amide bonds. The van der Waals surface area contributed by atoms with Crippen LogP contribution in [0.15, 0.2) is 77.9 Å². The van der Waals surface area contributed by atoms with Crippen LogP contribution in [0.4, 0.5) is 0 Å². The van der Waals surface area contributed by atoms with E-state index in [9.17, 15) is 14.4 Å². The second-order valence-corrected chi connectivity index (χ2v) is 8.78. The first kappa shape index (κ1) is 27.7. The van der Waals surface area contributed by atoms with Crippen LogP contribution in [0.1, 0.15) is 28.4 Å². The van der Waals surface area contributed by atoms with E-state index in [4.69, 9.17) is 27.9 Å². The summed E-state index contributed by atoms with van der Waals surface area (Å²) in [6.45, 7) is 1.55. The van der Waals surface area contributed by atoms with Gasteiger partial charge in [-0.3, -0.25) is 9.59 Å². The lowest BCUT2D eigenvalue weighted by atomic mass is 10.1. The van der Waals surface area contributed by atoms with Crippen LogP contribution in [0, 0.1) is 0 Å². The Balaban J connectivity index is 1.67. The van der Waals surface area contributed by atoms with Crippen molar-refractivity contribution in [2.24, 2.45) is 5.10 Å². The molecule has 0 saturated heterocycles. The lowest BCUT2D eigenvalue weighted by Crippen LogP contribution is -2.50. The zero-order valence-electron chi connectivity index (χ0n) is 20.1. The SMILES string of the molecule is COC(=O)c1ccc(/C=N\NC(=O)[C@H](Cc2ccccc2)NC(=O)[C@H](C)Oc2ccc(Cl)cc2Cl)cc1. The largest absolute Gasteiger partial charge is 0.479 e. The van der Waals surface area contributed by atoms with E-state index in [-0.39, 0.29) is 11.4 Å². The van der Waals surface area contributed by atoms with E-state index in [0.717, 1.165) is 5.56 Å². The van der Waals surface area contributed by atoms with Crippen LogP contribution < -0.4 is 15.5 Å². The minimum atomic E-state index is -0.943. The van der Waals surface area contributed by atoms with Crippen molar-refractivity contribution in [2.45, 2.75) is 25.5 Å². The minimum absolute atomic E-state index is 0.232. The molecule has 0 bridgehead atoms. The Labute approximate surface area is 224 Å². The summed E-state index contributed by atoms with van der Waals surface area (Å²) in [4.78, 5) is 37.4. The van der Waals surface area contributed by atoms with E-state index < -0.39 is 29.9 Å². The van der Waals surface area contributed by atoms with Crippen molar-refractivity contribution in [3.63, 3.8) is 0 Å². The zero-order valence-corrected chi connectivity index (χ0v) is 21.6.